The third-order valence-corrected chi connectivity index (χ3v) is 3.33. The first kappa shape index (κ1) is 14.6. The van der Waals surface area contributed by atoms with E-state index in [4.69, 9.17) is 5.73 Å². The second-order valence-electron chi connectivity index (χ2n) is 7.17. The SMILES string of the molecule is CC(C)(C)CC(C)(C)n1cncc1-c1ccnc(N)c1. The highest BCUT2D eigenvalue weighted by molar-refractivity contribution is 5.62. The second kappa shape index (κ2) is 4.93. The maximum atomic E-state index is 5.78. The van der Waals surface area contributed by atoms with E-state index in [2.05, 4.69) is 49.2 Å². The molecule has 2 aromatic heterocycles. The molecule has 2 aromatic rings. The van der Waals surface area contributed by atoms with E-state index < -0.39 is 0 Å². The quantitative estimate of drug-likeness (QED) is 0.927. The van der Waals surface area contributed by atoms with Gasteiger partial charge in [0.15, 0.2) is 0 Å². The number of aromatic nitrogens is 3. The van der Waals surface area contributed by atoms with Gasteiger partial charge >= 0.3 is 0 Å². The highest BCUT2D eigenvalue weighted by Gasteiger charge is 2.28. The highest BCUT2D eigenvalue weighted by atomic mass is 15.1. The molecule has 0 atom stereocenters. The first-order chi connectivity index (χ1) is 9.19. The average molecular weight is 272 g/mol. The van der Waals surface area contributed by atoms with Gasteiger partial charge in [0.25, 0.3) is 0 Å². The lowest BCUT2D eigenvalue weighted by molar-refractivity contribution is 0.216. The first-order valence-corrected chi connectivity index (χ1v) is 6.94. The molecule has 0 aliphatic carbocycles. The van der Waals surface area contributed by atoms with Gasteiger partial charge in [0, 0.05) is 17.3 Å². The Morgan fingerprint density at radius 1 is 1.20 bits per heavy atom. The number of pyridine rings is 1. The summed E-state index contributed by atoms with van der Waals surface area (Å²) in [5.41, 5.74) is 8.16. The fourth-order valence-corrected chi connectivity index (χ4v) is 2.98. The van der Waals surface area contributed by atoms with Gasteiger partial charge in [-0.3, -0.25) is 0 Å². The minimum absolute atomic E-state index is 0.0118. The van der Waals surface area contributed by atoms with Crippen LogP contribution in [0.15, 0.2) is 30.9 Å². The Hall–Kier alpha value is -1.84. The van der Waals surface area contributed by atoms with E-state index >= 15 is 0 Å². The third-order valence-electron chi connectivity index (χ3n) is 3.33. The van der Waals surface area contributed by atoms with Crippen LogP contribution >= 0.6 is 0 Å². The summed E-state index contributed by atoms with van der Waals surface area (Å²) in [7, 11) is 0. The van der Waals surface area contributed by atoms with Crippen molar-refractivity contribution in [2.24, 2.45) is 5.41 Å². The number of nitrogens with zero attached hydrogens (tertiary/aromatic N) is 3. The Morgan fingerprint density at radius 2 is 1.90 bits per heavy atom. The second-order valence-corrected chi connectivity index (χ2v) is 7.17. The summed E-state index contributed by atoms with van der Waals surface area (Å²) >= 11 is 0. The van der Waals surface area contributed by atoms with Crippen molar-refractivity contribution in [3.63, 3.8) is 0 Å². The lowest BCUT2D eigenvalue weighted by Crippen LogP contribution is -2.31. The van der Waals surface area contributed by atoms with Crippen LogP contribution in [-0.2, 0) is 5.54 Å². The molecule has 0 bridgehead atoms. The van der Waals surface area contributed by atoms with Crippen molar-refractivity contribution in [1.29, 1.82) is 0 Å². The summed E-state index contributed by atoms with van der Waals surface area (Å²) in [6.45, 7) is 11.3. The van der Waals surface area contributed by atoms with E-state index in [0.29, 0.717) is 5.82 Å². The van der Waals surface area contributed by atoms with Crippen molar-refractivity contribution in [2.45, 2.75) is 46.6 Å². The van der Waals surface area contributed by atoms with Crippen LogP contribution in [0.25, 0.3) is 11.3 Å². The fraction of sp³-hybridized carbons (Fsp3) is 0.500. The minimum atomic E-state index is -0.0118. The summed E-state index contributed by atoms with van der Waals surface area (Å²) in [4.78, 5) is 8.38. The highest BCUT2D eigenvalue weighted by Crippen LogP contribution is 2.35. The zero-order valence-corrected chi connectivity index (χ0v) is 13.0. The number of imidazole rings is 1. The normalized spacial score (nSPS) is 12.7. The van der Waals surface area contributed by atoms with E-state index in [9.17, 15) is 0 Å². The van der Waals surface area contributed by atoms with Gasteiger partial charge in [0.1, 0.15) is 5.82 Å². The number of nitrogen functional groups attached to an aromatic ring is 1. The first-order valence-electron chi connectivity index (χ1n) is 6.94. The molecule has 0 aromatic carbocycles. The molecule has 0 radical (unpaired) electrons. The van der Waals surface area contributed by atoms with Gasteiger partial charge in [-0.2, -0.15) is 0 Å². The smallest absolute Gasteiger partial charge is 0.123 e. The van der Waals surface area contributed by atoms with Crippen LogP contribution in [0.4, 0.5) is 5.82 Å². The molecule has 0 saturated heterocycles. The summed E-state index contributed by atoms with van der Waals surface area (Å²) in [5.74, 6) is 0.531. The molecule has 2 heterocycles. The van der Waals surface area contributed by atoms with Gasteiger partial charge in [-0.1, -0.05) is 20.8 Å². The van der Waals surface area contributed by atoms with Crippen molar-refractivity contribution in [3.05, 3.63) is 30.9 Å². The Morgan fingerprint density at radius 3 is 2.50 bits per heavy atom. The molecular weight excluding hydrogens is 248 g/mol. The molecule has 4 heteroatoms. The van der Waals surface area contributed by atoms with Gasteiger partial charge in [0.2, 0.25) is 0 Å². The number of hydrogen-bond donors (Lipinski definition) is 1. The Kier molecular flexibility index (Phi) is 3.59. The van der Waals surface area contributed by atoms with E-state index in [1.54, 1.807) is 6.20 Å². The van der Waals surface area contributed by atoms with E-state index in [-0.39, 0.29) is 11.0 Å². The zero-order valence-electron chi connectivity index (χ0n) is 13.0. The van der Waals surface area contributed by atoms with E-state index in [0.717, 1.165) is 17.7 Å². The molecule has 0 spiro atoms. The van der Waals surface area contributed by atoms with Crippen molar-refractivity contribution < 1.29 is 0 Å². The zero-order chi connectivity index (χ0) is 15.0. The standard InChI is InChI=1S/C16H24N4/c1-15(2,3)10-16(4,5)20-11-18-9-13(20)12-6-7-19-14(17)8-12/h6-9,11H,10H2,1-5H3,(H2,17,19). The van der Waals surface area contributed by atoms with Crippen LogP contribution < -0.4 is 5.73 Å². The number of rotatable bonds is 3. The number of anilines is 1. The third kappa shape index (κ3) is 3.18. The minimum Gasteiger partial charge on any atom is -0.384 e. The molecule has 0 saturated carbocycles. The molecule has 0 aliphatic heterocycles. The van der Waals surface area contributed by atoms with Gasteiger partial charge in [-0.15, -0.1) is 0 Å². The number of nitrogens with two attached hydrogens (primary N) is 1. The van der Waals surface area contributed by atoms with Crippen LogP contribution in [-0.4, -0.2) is 14.5 Å². The summed E-state index contributed by atoms with van der Waals surface area (Å²) in [6, 6.07) is 3.86. The van der Waals surface area contributed by atoms with Gasteiger partial charge in [-0.25, -0.2) is 9.97 Å². The van der Waals surface area contributed by atoms with Crippen LogP contribution in [0.5, 0.6) is 0 Å². The summed E-state index contributed by atoms with van der Waals surface area (Å²) in [6.07, 6.45) is 6.58. The lowest BCUT2D eigenvalue weighted by atomic mass is 9.81. The predicted octanol–water partition coefficient (Wildman–Crippen LogP) is 3.70. The van der Waals surface area contributed by atoms with Crippen LogP contribution in [0.3, 0.4) is 0 Å². The van der Waals surface area contributed by atoms with Crippen molar-refractivity contribution in [1.82, 2.24) is 14.5 Å². The van der Waals surface area contributed by atoms with Crippen molar-refractivity contribution >= 4 is 5.82 Å². The maximum Gasteiger partial charge on any atom is 0.123 e. The molecule has 4 nitrogen and oxygen atoms in total. The van der Waals surface area contributed by atoms with Gasteiger partial charge in [0.05, 0.1) is 18.2 Å². The summed E-state index contributed by atoms with van der Waals surface area (Å²) in [5, 5.41) is 0. The van der Waals surface area contributed by atoms with Crippen LogP contribution in [0.2, 0.25) is 0 Å². The molecule has 0 unspecified atom stereocenters. The molecule has 0 fully saturated rings. The Balaban J connectivity index is 2.43. The van der Waals surface area contributed by atoms with Crippen molar-refractivity contribution in [3.8, 4) is 11.3 Å². The molecule has 2 N–H and O–H groups in total. The van der Waals surface area contributed by atoms with Gasteiger partial charge < -0.3 is 10.3 Å². The van der Waals surface area contributed by atoms with Crippen LogP contribution in [0, 0.1) is 5.41 Å². The fourth-order valence-electron chi connectivity index (χ4n) is 2.98. The molecule has 0 aliphatic rings. The maximum absolute atomic E-state index is 5.78. The molecule has 0 amide bonds. The molecular formula is C16H24N4. The number of hydrogen-bond acceptors (Lipinski definition) is 3. The lowest BCUT2D eigenvalue weighted by Gasteiger charge is -2.35. The van der Waals surface area contributed by atoms with Crippen LogP contribution in [0.1, 0.15) is 41.0 Å². The largest absolute Gasteiger partial charge is 0.384 e. The monoisotopic (exact) mass is 272 g/mol. The predicted molar refractivity (Wildman–Crippen MR) is 83.3 cm³/mol. The Bertz CT molecular complexity index is 591. The van der Waals surface area contributed by atoms with E-state index in [1.165, 1.54) is 0 Å². The summed E-state index contributed by atoms with van der Waals surface area (Å²) < 4.78 is 2.23. The van der Waals surface area contributed by atoms with Crippen molar-refractivity contribution in [2.75, 3.05) is 5.73 Å². The topological polar surface area (TPSA) is 56.7 Å². The van der Waals surface area contributed by atoms with E-state index in [1.807, 2.05) is 24.7 Å². The molecule has 108 valence electrons. The van der Waals surface area contributed by atoms with Gasteiger partial charge in [-0.05, 0) is 37.8 Å². The Labute approximate surface area is 121 Å². The molecule has 2 rings (SSSR count). The average Bonchev–Trinajstić information content (AvgIpc) is 2.75. The molecule has 20 heavy (non-hydrogen) atoms.